The number of rotatable bonds is 12. The fourth-order valence-electron chi connectivity index (χ4n) is 3.62. The Bertz CT molecular complexity index is 801. The maximum atomic E-state index is 12.4. The van der Waals surface area contributed by atoms with Gasteiger partial charge in [0.1, 0.15) is 18.0 Å². The van der Waals surface area contributed by atoms with Crippen LogP contribution in [0.5, 0.6) is 0 Å². The Hall–Kier alpha value is -1.83. The quantitative estimate of drug-likeness (QED) is 0.317. The van der Waals surface area contributed by atoms with Gasteiger partial charge < -0.3 is 19.0 Å². The highest BCUT2D eigenvalue weighted by atomic mass is 32.2. The SMILES string of the molecule is O=C(CCCCOC[C@H]1CCC(=O)[C@@H]1CSc1cccc2occc12)OCCO. The number of ether oxygens (including phenoxy) is 2. The Morgan fingerprint density at radius 3 is 3.00 bits per heavy atom. The van der Waals surface area contributed by atoms with Gasteiger partial charge in [0.25, 0.3) is 0 Å². The standard InChI is InChI=1S/C22H28O6S/c23-10-13-28-22(25)6-1-2-11-26-14-16-7-8-19(24)18(16)15-29-21-5-3-4-20-17(21)9-12-27-20/h3-5,9,12,16,18,23H,1-2,6-8,10-11,13-15H2/t16-,18-/m1/s1. The summed E-state index contributed by atoms with van der Waals surface area (Å²) in [6, 6.07) is 7.96. The molecule has 0 aliphatic heterocycles. The van der Waals surface area contributed by atoms with E-state index in [-0.39, 0.29) is 31.0 Å². The minimum absolute atomic E-state index is 0.0237. The Morgan fingerprint density at radius 1 is 1.24 bits per heavy atom. The number of aliphatic hydroxyl groups is 1. The molecule has 0 unspecified atom stereocenters. The van der Waals surface area contributed by atoms with Gasteiger partial charge in [0.2, 0.25) is 0 Å². The largest absolute Gasteiger partial charge is 0.464 e. The van der Waals surface area contributed by atoms with Crippen molar-refractivity contribution in [2.45, 2.75) is 37.0 Å². The van der Waals surface area contributed by atoms with Gasteiger partial charge in [0.05, 0.1) is 19.5 Å². The lowest BCUT2D eigenvalue weighted by atomic mass is 9.98. The summed E-state index contributed by atoms with van der Waals surface area (Å²) < 4.78 is 16.1. The van der Waals surface area contributed by atoms with Crippen LogP contribution in [0.25, 0.3) is 11.0 Å². The van der Waals surface area contributed by atoms with E-state index in [1.165, 1.54) is 0 Å². The molecule has 158 valence electrons. The zero-order valence-electron chi connectivity index (χ0n) is 16.5. The predicted molar refractivity (Wildman–Crippen MR) is 111 cm³/mol. The predicted octanol–water partition coefficient (Wildman–Crippen LogP) is 3.84. The number of furan rings is 1. The van der Waals surface area contributed by atoms with Gasteiger partial charge in [-0.2, -0.15) is 0 Å². The van der Waals surface area contributed by atoms with Crippen LogP contribution in [-0.2, 0) is 19.1 Å². The average molecular weight is 421 g/mol. The van der Waals surface area contributed by atoms with Gasteiger partial charge in [-0.1, -0.05) is 6.07 Å². The van der Waals surface area contributed by atoms with E-state index in [2.05, 4.69) is 6.07 Å². The number of carbonyl (C=O) groups is 2. The number of benzene rings is 1. The second-order valence-corrected chi connectivity index (χ2v) is 8.31. The van der Waals surface area contributed by atoms with Gasteiger partial charge in [-0.25, -0.2) is 0 Å². The van der Waals surface area contributed by atoms with Crippen molar-refractivity contribution in [1.29, 1.82) is 0 Å². The van der Waals surface area contributed by atoms with Crippen LogP contribution in [0.15, 0.2) is 39.8 Å². The molecule has 1 aromatic carbocycles. The van der Waals surface area contributed by atoms with Crippen molar-refractivity contribution in [3.8, 4) is 0 Å². The molecule has 0 spiro atoms. The molecule has 1 aromatic heterocycles. The number of hydrogen-bond donors (Lipinski definition) is 1. The second-order valence-electron chi connectivity index (χ2n) is 7.25. The summed E-state index contributed by atoms with van der Waals surface area (Å²) in [6.45, 7) is 1.07. The number of esters is 1. The molecule has 3 rings (SSSR count). The molecule has 1 aliphatic carbocycles. The molecule has 0 saturated heterocycles. The summed E-state index contributed by atoms with van der Waals surface area (Å²) in [5, 5.41) is 9.70. The summed E-state index contributed by atoms with van der Waals surface area (Å²) in [5.41, 5.74) is 0.868. The third-order valence-electron chi connectivity index (χ3n) is 5.22. The summed E-state index contributed by atoms with van der Waals surface area (Å²) in [4.78, 5) is 24.9. The summed E-state index contributed by atoms with van der Waals surface area (Å²) >= 11 is 1.71. The Kier molecular flexibility index (Phi) is 8.58. The number of fused-ring (bicyclic) bond motifs is 1. The van der Waals surface area contributed by atoms with Crippen LogP contribution in [0.3, 0.4) is 0 Å². The minimum atomic E-state index is -0.287. The van der Waals surface area contributed by atoms with E-state index in [0.29, 0.717) is 38.3 Å². The van der Waals surface area contributed by atoms with E-state index in [1.807, 2.05) is 18.2 Å². The lowest BCUT2D eigenvalue weighted by Gasteiger charge is -2.18. The molecule has 6 nitrogen and oxygen atoms in total. The number of unbranched alkanes of at least 4 members (excludes halogenated alkanes) is 1. The van der Waals surface area contributed by atoms with Gasteiger partial charge in [-0.15, -0.1) is 11.8 Å². The normalized spacial score (nSPS) is 19.1. The monoisotopic (exact) mass is 420 g/mol. The smallest absolute Gasteiger partial charge is 0.305 e. The van der Waals surface area contributed by atoms with Crippen molar-refractivity contribution in [1.82, 2.24) is 0 Å². The molecule has 1 saturated carbocycles. The molecule has 29 heavy (non-hydrogen) atoms. The van der Waals surface area contributed by atoms with Crippen molar-refractivity contribution in [3.05, 3.63) is 30.5 Å². The van der Waals surface area contributed by atoms with E-state index < -0.39 is 0 Å². The topological polar surface area (TPSA) is 86.0 Å². The molecule has 2 atom stereocenters. The zero-order chi connectivity index (χ0) is 20.5. The van der Waals surface area contributed by atoms with Crippen molar-refractivity contribution in [3.63, 3.8) is 0 Å². The first kappa shape index (κ1) is 21.9. The van der Waals surface area contributed by atoms with Gasteiger partial charge in [0.15, 0.2) is 0 Å². The van der Waals surface area contributed by atoms with Crippen molar-refractivity contribution >= 4 is 34.5 Å². The molecule has 1 N–H and O–H groups in total. The molecular formula is C22H28O6S. The van der Waals surface area contributed by atoms with Crippen molar-refractivity contribution in [2.75, 3.05) is 32.2 Å². The van der Waals surface area contributed by atoms with Crippen molar-refractivity contribution < 1.29 is 28.6 Å². The second kappa shape index (κ2) is 11.4. The van der Waals surface area contributed by atoms with E-state index in [4.69, 9.17) is 19.0 Å². The summed E-state index contributed by atoms with van der Waals surface area (Å²) in [5.74, 6) is 1.08. The maximum Gasteiger partial charge on any atom is 0.305 e. The van der Waals surface area contributed by atoms with E-state index in [9.17, 15) is 9.59 Å². The lowest BCUT2D eigenvalue weighted by Crippen LogP contribution is -2.22. The number of thioether (sulfide) groups is 1. The molecule has 0 amide bonds. The van der Waals surface area contributed by atoms with Crippen LogP contribution in [0.2, 0.25) is 0 Å². The highest BCUT2D eigenvalue weighted by Crippen LogP contribution is 2.36. The number of ketones is 1. The molecule has 1 heterocycles. The molecular weight excluding hydrogens is 392 g/mol. The molecule has 1 fully saturated rings. The molecule has 0 radical (unpaired) electrons. The number of hydrogen-bond acceptors (Lipinski definition) is 7. The molecule has 7 heteroatoms. The number of carbonyl (C=O) groups excluding carboxylic acids is 2. The Balaban J connectivity index is 1.38. The summed E-state index contributed by atoms with van der Waals surface area (Å²) in [7, 11) is 0. The van der Waals surface area contributed by atoms with Gasteiger partial charge in [0, 0.05) is 41.4 Å². The molecule has 0 bridgehead atoms. The number of Topliss-reactive ketones (excluding diaryl/α,β-unsaturated/α-hetero) is 1. The van der Waals surface area contributed by atoms with Crippen LogP contribution < -0.4 is 0 Å². The van der Waals surface area contributed by atoms with E-state index >= 15 is 0 Å². The zero-order valence-corrected chi connectivity index (χ0v) is 17.3. The van der Waals surface area contributed by atoms with Gasteiger partial charge >= 0.3 is 5.97 Å². The third kappa shape index (κ3) is 6.32. The fourth-order valence-corrected chi connectivity index (χ4v) is 4.93. The van der Waals surface area contributed by atoms with Crippen LogP contribution in [-0.4, -0.2) is 49.0 Å². The first-order chi connectivity index (χ1) is 14.2. The minimum Gasteiger partial charge on any atom is -0.464 e. The third-order valence-corrected chi connectivity index (χ3v) is 6.42. The lowest BCUT2D eigenvalue weighted by molar-refractivity contribution is -0.144. The van der Waals surface area contributed by atoms with Crippen LogP contribution >= 0.6 is 11.8 Å². The van der Waals surface area contributed by atoms with E-state index in [0.717, 1.165) is 34.5 Å². The average Bonchev–Trinajstić information content (AvgIpc) is 3.34. The van der Waals surface area contributed by atoms with Gasteiger partial charge in [-0.05, 0) is 43.4 Å². The number of aliphatic hydroxyl groups excluding tert-OH is 1. The molecule has 2 aromatic rings. The first-order valence-electron chi connectivity index (χ1n) is 10.1. The molecule has 1 aliphatic rings. The highest BCUT2D eigenvalue weighted by molar-refractivity contribution is 7.99. The maximum absolute atomic E-state index is 12.4. The summed E-state index contributed by atoms with van der Waals surface area (Å²) in [6.07, 6.45) is 5.01. The first-order valence-corrected chi connectivity index (χ1v) is 11.1. The van der Waals surface area contributed by atoms with Crippen LogP contribution in [0, 0.1) is 11.8 Å². The van der Waals surface area contributed by atoms with E-state index in [1.54, 1.807) is 18.0 Å². The Morgan fingerprint density at radius 2 is 2.14 bits per heavy atom. The Labute approximate surface area is 174 Å². The van der Waals surface area contributed by atoms with Crippen LogP contribution in [0.4, 0.5) is 0 Å². The van der Waals surface area contributed by atoms with Crippen LogP contribution in [0.1, 0.15) is 32.1 Å². The fraction of sp³-hybridized carbons (Fsp3) is 0.545. The van der Waals surface area contributed by atoms with Crippen molar-refractivity contribution in [2.24, 2.45) is 11.8 Å². The highest BCUT2D eigenvalue weighted by Gasteiger charge is 2.34. The van der Waals surface area contributed by atoms with Gasteiger partial charge in [-0.3, -0.25) is 9.59 Å².